The summed E-state index contributed by atoms with van der Waals surface area (Å²) in [7, 11) is 0. The van der Waals surface area contributed by atoms with Gasteiger partial charge >= 0.3 is 241 Å². The number of rotatable bonds is 26. The summed E-state index contributed by atoms with van der Waals surface area (Å²) in [5.74, 6) is 0. The van der Waals surface area contributed by atoms with Crippen molar-refractivity contribution < 1.29 is 14.7 Å². The van der Waals surface area contributed by atoms with Crippen LogP contribution in [0.15, 0.2) is 0 Å². The molecule has 0 bridgehead atoms. The summed E-state index contributed by atoms with van der Waals surface area (Å²) in [5, 5.41) is 0. The van der Waals surface area contributed by atoms with Gasteiger partial charge in [0, 0.05) is 0 Å². The Morgan fingerprint density at radius 3 is 0.526 bits per heavy atom. The Labute approximate surface area is 240 Å². The van der Waals surface area contributed by atoms with E-state index >= 15 is 0 Å². The van der Waals surface area contributed by atoms with Crippen LogP contribution in [0.3, 0.4) is 0 Å². The fourth-order valence-corrected chi connectivity index (χ4v) is 59.6. The first kappa shape index (κ1) is 39.2. The van der Waals surface area contributed by atoms with Crippen molar-refractivity contribution in [2.24, 2.45) is 0 Å². The molecule has 0 aromatic rings. The van der Waals surface area contributed by atoms with Gasteiger partial charge in [0.15, 0.2) is 0 Å². The van der Waals surface area contributed by atoms with Crippen molar-refractivity contribution in [2.45, 2.75) is 158 Å². The zero-order chi connectivity index (χ0) is 29.3. The van der Waals surface area contributed by atoms with E-state index < -0.39 is 19.2 Å². The summed E-state index contributed by atoms with van der Waals surface area (Å²) in [6.07, 6.45) is 17.4. The minimum absolute atomic E-state index is 0.915. The molecule has 0 saturated carbocycles. The maximum absolute atomic E-state index is 13.9. The van der Waals surface area contributed by atoms with Crippen LogP contribution < -0.4 is 0 Å². The molecule has 0 aliphatic carbocycles. The van der Waals surface area contributed by atoms with Crippen LogP contribution in [0.1, 0.15) is 158 Å². The van der Waals surface area contributed by atoms with E-state index in [2.05, 4.69) is 55.4 Å². The molecule has 0 rings (SSSR count). The molecule has 0 saturated heterocycles. The normalized spacial score (nSPS) is 16.3. The average Bonchev–Trinajstić information content (AvgIpc) is 2.91. The summed E-state index contributed by atoms with van der Waals surface area (Å²) in [5.41, 5.74) is 0. The van der Waals surface area contributed by atoms with Gasteiger partial charge in [0.05, 0.1) is 0 Å². The predicted molar refractivity (Wildman–Crippen MR) is 186 cm³/mol. The first-order chi connectivity index (χ1) is 17.9. The van der Waals surface area contributed by atoms with Crippen molar-refractivity contribution in [3.8, 4) is 0 Å². The van der Waals surface area contributed by atoms with Crippen molar-refractivity contribution >= 4 is 19.2 Å². The van der Waals surface area contributed by atoms with Crippen LogP contribution in [0.4, 0.5) is 0 Å². The van der Waals surface area contributed by atoms with Crippen molar-refractivity contribution in [1.82, 2.24) is 0 Å². The number of unbranched alkanes of at least 4 members (excludes halogenated alkanes) is 8. The van der Waals surface area contributed by atoms with Gasteiger partial charge in [-0.3, -0.25) is 0 Å². The molecule has 6 heteroatoms. The fourth-order valence-electron chi connectivity index (χ4n) is 8.00. The summed E-state index contributed by atoms with van der Waals surface area (Å²) in [4.78, 5) is 41.6. The Balaban J connectivity index is 8.17. The zero-order valence-corrected chi connectivity index (χ0v) is 30.3. The third kappa shape index (κ3) is 7.38. The van der Waals surface area contributed by atoms with Crippen molar-refractivity contribution in [2.75, 3.05) is 49.3 Å². The molecule has 0 spiro atoms. The van der Waals surface area contributed by atoms with E-state index in [1.165, 1.54) is 0 Å². The molecule has 0 atom stereocenters. The van der Waals surface area contributed by atoms with Crippen LogP contribution in [-0.4, -0.2) is 64.0 Å². The first-order valence-electron chi connectivity index (χ1n) is 17.2. The SMILES string of the molecule is CCCCP(CCCC)(CCCC)(CCCC)P(O)(O)(O)P(CCCC)(CCCC)(CCCC)CCCC. The Morgan fingerprint density at radius 1 is 0.289 bits per heavy atom. The molecule has 0 radical (unpaired) electrons. The molecule has 0 unspecified atom stereocenters. The van der Waals surface area contributed by atoms with Gasteiger partial charge < -0.3 is 0 Å². The van der Waals surface area contributed by atoms with Crippen LogP contribution in [-0.2, 0) is 0 Å². The summed E-state index contributed by atoms with van der Waals surface area (Å²) < 4.78 is 0. The minimum atomic E-state index is -5.14. The van der Waals surface area contributed by atoms with Gasteiger partial charge in [-0.2, -0.15) is 0 Å². The summed E-state index contributed by atoms with van der Waals surface area (Å²) >= 11 is 0. The van der Waals surface area contributed by atoms with E-state index in [0.29, 0.717) is 0 Å². The molecule has 3 nitrogen and oxygen atoms in total. The van der Waals surface area contributed by atoms with Crippen LogP contribution in [0.5, 0.6) is 0 Å². The second-order valence-electron chi connectivity index (χ2n) is 13.3. The Bertz CT molecular complexity index is 492. The zero-order valence-electron chi connectivity index (χ0n) is 27.7. The number of hydrogen-bond donors (Lipinski definition) is 3. The van der Waals surface area contributed by atoms with E-state index in [9.17, 15) is 14.7 Å². The topological polar surface area (TPSA) is 60.7 Å². The standard InChI is InChI=1S/C32H75O3P3/c1-9-17-25-36(26-18-10-2,27-19-11-3,28-20-12-4)38(33,34,35)37(29-21-13-5,30-22-14-6,31-23-15-7)32-24-16-8/h33-35H,9-32H2,1-8H3. The monoisotopic (exact) mass is 600 g/mol. The third-order valence-electron chi connectivity index (χ3n) is 10.7. The second-order valence-corrected chi connectivity index (χ2v) is 38.5. The van der Waals surface area contributed by atoms with Crippen LogP contribution in [0.2, 0.25) is 0 Å². The van der Waals surface area contributed by atoms with Crippen LogP contribution >= 0.6 is 19.2 Å². The Kier molecular flexibility index (Phi) is 17.9. The molecule has 0 fully saturated rings. The third-order valence-corrected chi connectivity index (χ3v) is 52.5. The van der Waals surface area contributed by atoms with Crippen LogP contribution in [0, 0.1) is 0 Å². The summed E-state index contributed by atoms with van der Waals surface area (Å²) in [6, 6.07) is 0. The maximum atomic E-state index is 13.9. The van der Waals surface area contributed by atoms with E-state index in [1.54, 1.807) is 0 Å². The molecule has 0 aliphatic heterocycles. The molecule has 0 heterocycles. The molecule has 0 aliphatic rings. The van der Waals surface area contributed by atoms with Gasteiger partial charge in [-0.15, -0.1) is 0 Å². The molecule has 0 aromatic heterocycles. The van der Waals surface area contributed by atoms with E-state index in [-0.39, 0.29) is 0 Å². The van der Waals surface area contributed by atoms with Gasteiger partial charge in [-0.1, -0.05) is 0 Å². The Hall–Kier alpha value is 1.17. The molecule has 0 amide bonds. The van der Waals surface area contributed by atoms with Crippen molar-refractivity contribution in [3.63, 3.8) is 0 Å². The van der Waals surface area contributed by atoms with Gasteiger partial charge in [0.25, 0.3) is 0 Å². The quantitative estimate of drug-likeness (QED) is 0.0866. The van der Waals surface area contributed by atoms with Gasteiger partial charge in [-0.25, -0.2) is 0 Å². The van der Waals surface area contributed by atoms with E-state index in [4.69, 9.17) is 0 Å². The fraction of sp³-hybridized carbons (Fsp3) is 1.00. The Morgan fingerprint density at radius 2 is 0.421 bits per heavy atom. The summed E-state index contributed by atoms with van der Waals surface area (Å²) in [6.45, 7) is 12.9. The van der Waals surface area contributed by atoms with Crippen LogP contribution in [0.25, 0.3) is 0 Å². The van der Waals surface area contributed by atoms with Gasteiger partial charge in [-0.05, 0) is 0 Å². The van der Waals surface area contributed by atoms with E-state index in [1.807, 2.05) is 0 Å². The van der Waals surface area contributed by atoms with E-state index in [0.717, 1.165) is 152 Å². The predicted octanol–water partition coefficient (Wildman–Crippen LogP) is 11.6. The van der Waals surface area contributed by atoms with Gasteiger partial charge in [0.1, 0.15) is 0 Å². The molecule has 38 heavy (non-hydrogen) atoms. The van der Waals surface area contributed by atoms with Crippen molar-refractivity contribution in [3.05, 3.63) is 0 Å². The van der Waals surface area contributed by atoms with Gasteiger partial charge in [0.2, 0.25) is 0 Å². The molecular weight excluding hydrogens is 525 g/mol. The first-order valence-corrected chi connectivity index (χ1v) is 26.6. The molecule has 236 valence electrons. The molecule has 0 aromatic carbocycles. The molecule has 3 N–H and O–H groups in total. The van der Waals surface area contributed by atoms with Crippen molar-refractivity contribution in [1.29, 1.82) is 0 Å². The number of hydrogen-bond acceptors (Lipinski definition) is 3. The second kappa shape index (κ2) is 17.3. The average molecular weight is 601 g/mol. The molecular formula is C32H75O3P3.